The average molecular weight is 329 g/mol. The molecule has 0 bridgehead atoms. The first-order valence-electron chi connectivity index (χ1n) is 4.80. The smallest absolute Gasteiger partial charge is 0.217 e. The van der Waals surface area contributed by atoms with E-state index in [9.17, 15) is 0 Å². The van der Waals surface area contributed by atoms with E-state index in [0.717, 1.165) is 26.6 Å². The normalized spacial score (nSPS) is 10.4. The highest BCUT2D eigenvalue weighted by atomic mass is 127. The van der Waals surface area contributed by atoms with E-state index >= 15 is 0 Å². The van der Waals surface area contributed by atoms with E-state index in [1.165, 1.54) is 0 Å². The van der Waals surface area contributed by atoms with Crippen LogP contribution in [-0.2, 0) is 7.05 Å². The quantitative estimate of drug-likeness (QED) is 0.681. The van der Waals surface area contributed by atoms with Gasteiger partial charge in [0.05, 0.1) is 9.26 Å². The molecule has 0 saturated carbocycles. The molecule has 0 unspecified atom stereocenters. The molecule has 1 aromatic carbocycles. The van der Waals surface area contributed by atoms with Crippen molar-refractivity contribution in [3.8, 4) is 11.6 Å². The fraction of sp³-hybridized carbons (Fsp3) is 0.182. The molecular formula is C11H12IN3O. The Morgan fingerprint density at radius 2 is 2.12 bits per heavy atom. The van der Waals surface area contributed by atoms with Crippen LogP contribution in [0.4, 0.5) is 5.69 Å². The first-order valence-corrected chi connectivity index (χ1v) is 5.87. The first kappa shape index (κ1) is 11.3. The molecule has 2 aromatic rings. The van der Waals surface area contributed by atoms with E-state index in [2.05, 4.69) is 27.7 Å². The zero-order valence-electron chi connectivity index (χ0n) is 9.07. The second-order valence-electron chi connectivity index (χ2n) is 3.54. The lowest BCUT2D eigenvalue weighted by Gasteiger charge is -2.07. The maximum atomic E-state index is 5.75. The van der Waals surface area contributed by atoms with E-state index < -0.39 is 0 Å². The van der Waals surface area contributed by atoms with Gasteiger partial charge in [-0.1, -0.05) is 0 Å². The SMILES string of the molecule is Cc1cc(Oc2ccc(N)cc2I)n(C)n1. The minimum absolute atomic E-state index is 0.722. The Balaban J connectivity index is 2.30. The predicted molar refractivity (Wildman–Crippen MR) is 71.6 cm³/mol. The van der Waals surface area contributed by atoms with E-state index in [1.54, 1.807) is 4.68 Å². The minimum Gasteiger partial charge on any atom is -0.438 e. The second kappa shape index (κ2) is 4.32. The number of nitrogens with two attached hydrogens (primary N) is 1. The van der Waals surface area contributed by atoms with Crippen LogP contribution in [0, 0.1) is 10.5 Å². The highest BCUT2D eigenvalue weighted by Gasteiger charge is 2.07. The molecule has 1 aromatic heterocycles. The van der Waals surface area contributed by atoms with Crippen LogP contribution in [-0.4, -0.2) is 9.78 Å². The molecule has 0 amide bonds. The monoisotopic (exact) mass is 329 g/mol. The van der Waals surface area contributed by atoms with Crippen LogP contribution in [0.5, 0.6) is 11.6 Å². The van der Waals surface area contributed by atoms with Crippen molar-refractivity contribution < 1.29 is 4.74 Å². The topological polar surface area (TPSA) is 53.1 Å². The van der Waals surface area contributed by atoms with Gasteiger partial charge in [0.25, 0.3) is 0 Å². The lowest BCUT2D eigenvalue weighted by Crippen LogP contribution is -1.96. The molecule has 84 valence electrons. The summed E-state index contributed by atoms with van der Waals surface area (Å²) in [5, 5.41) is 4.22. The number of hydrogen-bond acceptors (Lipinski definition) is 3. The average Bonchev–Trinajstić information content (AvgIpc) is 2.50. The van der Waals surface area contributed by atoms with Gasteiger partial charge in [-0.25, -0.2) is 4.68 Å². The maximum Gasteiger partial charge on any atom is 0.217 e. The highest BCUT2D eigenvalue weighted by molar-refractivity contribution is 14.1. The van der Waals surface area contributed by atoms with Crippen molar-refractivity contribution in [1.82, 2.24) is 9.78 Å². The van der Waals surface area contributed by atoms with E-state index in [0.29, 0.717) is 0 Å². The summed E-state index contributed by atoms with van der Waals surface area (Å²) in [6.45, 7) is 1.93. The number of hydrogen-bond donors (Lipinski definition) is 1. The molecule has 2 rings (SSSR count). The van der Waals surface area contributed by atoms with Gasteiger partial charge in [0.15, 0.2) is 0 Å². The van der Waals surface area contributed by atoms with Gasteiger partial charge in [-0.15, -0.1) is 0 Å². The Kier molecular flexibility index (Phi) is 3.04. The lowest BCUT2D eigenvalue weighted by molar-refractivity contribution is 0.428. The fourth-order valence-corrected chi connectivity index (χ4v) is 2.04. The number of halogens is 1. The van der Waals surface area contributed by atoms with Gasteiger partial charge >= 0.3 is 0 Å². The molecule has 0 atom stereocenters. The predicted octanol–water partition coefficient (Wildman–Crippen LogP) is 2.71. The number of nitrogens with zero attached hydrogens (tertiary/aromatic N) is 2. The number of aromatic nitrogens is 2. The summed E-state index contributed by atoms with van der Waals surface area (Å²) in [5.41, 5.74) is 7.34. The number of anilines is 1. The standard InChI is InChI=1S/C11H12IN3O/c1-7-5-11(15(2)14-7)16-10-4-3-8(13)6-9(10)12/h3-6H,13H2,1-2H3. The Morgan fingerprint density at radius 1 is 1.38 bits per heavy atom. The molecule has 16 heavy (non-hydrogen) atoms. The zero-order valence-corrected chi connectivity index (χ0v) is 11.2. The molecule has 2 N–H and O–H groups in total. The van der Waals surface area contributed by atoms with Crippen LogP contribution in [0.3, 0.4) is 0 Å². The molecular weight excluding hydrogens is 317 g/mol. The summed E-state index contributed by atoms with van der Waals surface area (Å²) in [5.74, 6) is 1.51. The van der Waals surface area contributed by atoms with Crippen LogP contribution in [0.15, 0.2) is 24.3 Å². The van der Waals surface area contributed by atoms with Gasteiger partial charge in [-0.2, -0.15) is 5.10 Å². The Labute approximate surface area is 108 Å². The van der Waals surface area contributed by atoms with Crippen molar-refractivity contribution >= 4 is 28.3 Å². The Morgan fingerprint density at radius 3 is 2.69 bits per heavy atom. The number of rotatable bonds is 2. The largest absolute Gasteiger partial charge is 0.438 e. The van der Waals surface area contributed by atoms with Gasteiger partial charge in [-0.05, 0) is 47.7 Å². The van der Waals surface area contributed by atoms with Crippen LogP contribution < -0.4 is 10.5 Å². The van der Waals surface area contributed by atoms with E-state index in [4.69, 9.17) is 10.5 Å². The molecule has 0 radical (unpaired) electrons. The van der Waals surface area contributed by atoms with E-state index in [1.807, 2.05) is 38.2 Å². The third-order valence-corrected chi connectivity index (χ3v) is 2.97. The van der Waals surface area contributed by atoms with Gasteiger partial charge in [0.2, 0.25) is 5.88 Å². The van der Waals surface area contributed by atoms with Crippen LogP contribution in [0.2, 0.25) is 0 Å². The molecule has 5 heteroatoms. The summed E-state index contributed by atoms with van der Waals surface area (Å²) in [6.07, 6.45) is 0. The van der Waals surface area contributed by atoms with Gasteiger partial charge in [-0.3, -0.25) is 0 Å². The third-order valence-electron chi connectivity index (χ3n) is 2.13. The van der Waals surface area contributed by atoms with Crippen molar-refractivity contribution in [2.75, 3.05) is 5.73 Å². The number of nitrogen functional groups attached to an aromatic ring is 1. The van der Waals surface area contributed by atoms with Crippen LogP contribution in [0.25, 0.3) is 0 Å². The molecule has 1 heterocycles. The summed E-state index contributed by atoms with van der Waals surface area (Å²) >= 11 is 2.20. The van der Waals surface area contributed by atoms with Gasteiger partial charge in [0.1, 0.15) is 5.75 Å². The number of aryl methyl sites for hydroxylation is 2. The van der Waals surface area contributed by atoms with Crippen molar-refractivity contribution in [1.29, 1.82) is 0 Å². The van der Waals surface area contributed by atoms with Crippen molar-refractivity contribution in [2.45, 2.75) is 6.92 Å². The molecule has 0 aliphatic carbocycles. The first-order chi connectivity index (χ1) is 7.56. The molecule has 4 nitrogen and oxygen atoms in total. The lowest BCUT2D eigenvalue weighted by atomic mass is 10.3. The van der Waals surface area contributed by atoms with Crippen LogP contribution >= 0.6 is 22.6 Å². The number of ether oxygens (including phenoxy) is 1. The summed E-state index contributed by atoms with van der Waals surface area (Å²) in [7, 11) is 1.85. The minimum atomic E-state index is 0.722. The van der Waals surface area contributed by atoms with Crippen molar-refractivity contribution in [2.24, 2.45) is 7.05 Å². The zero-order chi connectivity index (χ0) is 11.7. The number of benzene rings is 1. The molecule has 0 aliphatic rings. The van der Waals surface area contributed by atoms with Gasteiger partial charge in [0, 0.05) is 18.8 Å². The summed E-state index contributed by atoms with van der Waals surface area (Å²) in [4.78, 5) is 0. The summed E-state index contributed by atoms with van der Waals surface area (Å²) < 4.78 is 8.45. The summed E-state index contributed by atoms with van der Waals surface area (Å²) in [6, 6.07) is 7.45. The third kappa shape index (κ3) is 2.29. The molecule has 0 saturated heterocycles. The molecule has 0 aliphatic heterocycles. The molecule has 0 fully saturated rings. The van der Waals surface area contributed by atoms with Crippen molar-refractivity contribution in [3.05, 3.63) is 33.5 Å². The Hall–Kier alpha value is -1.24. The van der Waals surface area contributed by atoms with Crippen LogP contribution in [0.1, 0.15) is 5.69 Å². The molecule has 0 spiro atoms. The second-order valence-corrected chi connectivity index (χ2v) is 4.70. The van der Waals surface area contributed by atoms with E-state index in [-0.39, 0.29) is 0 Å². The highest BCUT2D eigenvalue weighted by Crippen LogP contribution is 2.28. The van der Waals surface area contributed by atoms with Gasteiger partial charge < -0.3 is 10.5 Å². The fourth-order valence-electron chi connectivity index (χ4n) is 1.39. The van der Waals surface area contributed by atoms with Crippen molar-refractivity contribution in [3.63, 3.8) is 0 Å². The maximum absolute atomic E-state index is 5.75. The Bertz CT molecular complexity index is 522.